The number of hydrogen-bond acceptors (Lipinski definition) is 3. The fourth-order valence-electron chi connectivity index (χ4n) is 5.97. The molecular weight excluding hydrogens is 492 g/mol. The van der Waals surface area contributed by atoms with Gasteiger partial charge in [0.1, 0.15) is 0 Å². The van der Waals surface area contributed by atoms with Crippen LogP contribution in [0, 0.1) is 0 Å². The van der Waals surface area contributed by atoms with Crippen molar-refractivity contribution in [2.24, 2.45) is 5.73 Å². The Hall–Kier alpha value is -0.610. The number of amides is 1. The van der Waals surface area contributed by atoms with Crippen molar-refractivity contribution in [3.63, 3.8) is 0 Å². The van der Waals surface area contributed by atoms with Gasteiger partial charge in [-0.05, 0) is 19.4 Å². The number of nitrogens with one attached hydrogen (secondary N) is 1. The number of carbonyl (C=O) groups is 1. The predicted octanol–water partition coefficient (Wildman–Crippen LogP) is 11.7. The highest BCUT2D eigenvalue weighted by atomic mass is 16.5. The minimum Gasteiger partial charge on any atom is -0.330 e. The largest absolute Gasteiger partial charge is 0.330 e. The van der Waals surface area contributed by atoms with E-state index in [0.29, 0.717) is 6.42 Å². The van der Waals surface area contributed by atoms with E-state index in [1.54, 1.807) is 5.48 Å². The average molecular weight is 567 g/mol. The molecule has 4 N–H and O–H groups in total. The zero-order chi connectivity index (χ0) is 29.0. The molecule has 1 amide bonds. The third kappa shape index (κ3) is 35.4. The lowest BCUT2D eigenvalue weighted by Gasteiger charge is -2.05. The predicted molar refractivity (Wildman–Crippen MR) is 176 cm³/mol. The average Bonchev–Trinajstić information content (AvgIpc) is 2.97. The van der Waals surface area contributed by atoms with Gasteiger partial charge in [0.25, 0.3) is 0 Å². The smallest absolute Gasteiger partial charge is 0.243 e. The van der Waals surface area contributed by atoms with E-state index in [1.807, 2.05) is 0 Å². The van der Waals surface area contributed by atoms with Crippen molar-refractivity contribution in [3.8, 4) is 0 Å². The third-order valence-corrected chi connectivity index (χ3v) is 8.73. The molecule has 0 rings (SSSR count). The first kappa shape index (κ1) is 39.4. The van der Waals surface area contributed by atoms with Crippen LogP contribution in [0.4, 0.5) is 0 Å². The first-order chi connectivity index (χ1) is 19.8. The molecule has 4 heteroatoms. The van der Waals surface area contributed by atoms with Crippen LogP contribution in [0.1, 0.15) is 218 Å². The van der Waals surface area contributed by atoms with Crippen LogP contribution in [0.15, 0.2) is 0 Å². The molecule has 240 valence electrons. The third-order valence-electron chi connectivity index (χ3n) is 8.73. The summed E-state index contributed by atoms with van der Waals surface area (Å²) < 4.78 is 0. The minimum absolute atomic E-state index is 0.255. The molecule has 4 nitrogen and oxygen atoms in total. The summed E-state index contributed by atoms with van der Waals surface area (Å²) in [6, 6.07) is 0. The fourth-order valence-corrected chi connectivity index (χ4v) is 5.97. The van der Waals surface area contributed by atoms with Gasteiger partial charge in [-0.2, -0.15) is 0 Å². The Morgan fingerprint density at radius 1 is 0.350 bits per heavy atom. The Balaban J connectivity index is 3.04. The number of hydrogen-bond donors (Lipinski definition) is 3. The zero-order valence-electron chi connectivity index (χ0n) is 27.2. The molecule has 0 atom stereocenters. The molecule has 0 fully saturated rings. The lowest BCUT2D eigenvalue weighted by Crippen LogP contribution is -2.17. The second kappa shape index (κ2) is 36.4. The monoisotopic (exact) mass is 567 g/mol. The number of rotatable bonds is 35. The SMILES string of the molecule is NCCCCCCCCCCCCCCCCCCCCCCCCCCCCCCCCCCCC(=O)NO. The topological polar surface area (TPSA) is 75.4 Å². The van der Waals surface area contributed by atoms with Crippen LogP contribution in [0.2, 0.25) is 0 Å². The number of nitrogens with two attached hydrogens (primary N) is 1. The zero-order valence-corrected chi connectivity index (χ0v) is 27.2. The molecule has 0 aromatic carbocycles. The summed E-state index contributed by atoms with van der Waals surface area (Å²) in [5.74, 6) is -0.255. The summed E-state index contributed by atoms with van der Waals surface area (Å²) in [7, 11) is 0. The molecule has 0 spiro atoms. The van der Waals surface area contributed by atoms with Crippen molar-refractivity contribution < 1.29 is 10.0 Å². The number of carbonyl (C=O) groups excluding carboxylic acids is 1. The van der Waals surface area contributed by atoms with E-state index in [9.17, 15) is 4.79 Å². The van der Waals surface area contributed by atoms with Gasteiger partial charge in [-0.25, -0.2) is 5.48 Å². The Kier molecular flexibility index (Phi) is 35.9. The van der Waals surface area contributed by atoms with E-state index in [-0.39, 0.29) is 5.91 Å². The van der Waals surface area contributed by atoms with E-state index in [0.717, 1.165) is 19.4 Å². The molecule has 0 unspecified atom stereocenters. The van der Waals surface area contributed by atoms with Crippen LogP contribution >= 0.6 is 0 Å². The van der Waals surface area contributed by atoms with Crippen molar-refractivity contribution in [3.05, 3.63) is 0 Å². The van der Waals surface area contributed by atoms with Crippen LogP contribution in [0.3, 0.4) is 0 Å². The number of unbranched alkanes of at least 4 members (excludes halogenated alkanes) is 32. The molecule has 0 bridgehead atoms. The number of hydroxylamine groups is 1. The van der Waals surface area contributed by atoms with Gasteiger partial charge in [0.15, 0.2) is 0 Å². The summed E-state index contributed by atoms with van der Waals surface area (Å²) in [5, 5.41) is 8.46. The molecule has 0 aliphatic rings. The van der Waals surface area contributed by atoms with E-state index in [2.05, 4.69) is 0 Å². The van der Waals surface area contributed by atoms with E-state index in [4.69, 9.17) is 10.9 Å². The molecular formula is C36H74N2O2. The Bertz CT molecular complexity index is 472. The van der Waals surface area contributed by atoms with E-state index in [1.165, 1.54) is 199 Å². The summed E-state index contributed by atoms with van der Waals surface area (Å²) in [6.07, 6.45) is 46.4. The molecule has 0 aliphatic carbocycles. The van der Waals surface area contributed by atoms with Crippen LogP contribution in [-0.4, -0.2) is 17.7 Å². The molecule has 0 saturated carbocycles. The van der Waals surface area contributed by atoms with E-state index >= 15 is 0 Å². The lowest BCUT2D eigenvalue weighted by atomic mass is 10.0. The first-order valence-corrected chi connectivity index (χ1v) is 18.4. The quantitative estimate of drug-likeness (QED) is 0.0405. The summed E-state index contributed by atoms with van der Waals surface area (Å²) in [6.45, 7) is 0.867. The van der Waals surface area contributed by atoms with Gasteiger partial charge in [0, 0.05) is 6.42 Å². The van der Waals surface area contributed by atoms with Crippen LogP contribution < -0.4 is 11.2 Å². The van der Waals surface area contributed by atoms with Gasteiger partial charge in [-0.15, -0.1) is 0 Å². The second-order valence-electron chi connectivity index (χ2n) is 12.7. The maximum Gasteiger partial charge on any atom is 0.243 e. The van der Waals surface area contributed by atoms with Crippen molar-refractivity contribution in [1.29, 1.82) is 0 Å². The van der Waals surface area contributed by atoms with Gasteiger partial charge in [0.2, 0.25) is 5.91 Å². The van der Waals surface area contributed by atoms with Gasteiger partial charge < -0.3 is 5.73 Å². The molecule has 40 heavy (non-hydrogen) atoms. The lowest BCUT2D eigenvalue weighted by molar-refractivity contribution is -0.129. The second-order valence-corrected chi connectivity index (χ2v) is 12.7. The van der Waals surface area contributed by atoms with Crippen molar-refractivity contribution in [1.82, 2.24) is 5.48 Å². The van der Waals surface area contributed by atoms with Crippen LogP contribution in [0.25, 0.3) is 0 Å². The van der Waals surface area contributed by atoms with E-state index < -0.39 is 0 Å². The maximum atomic E-state index is 10.9. The maximum absolute atomic E-state index is 10.9. The molecule has 0 aromatic heterocycles. The summed E-state index contributed by atoms with van der Waals surface area (Å²) >= 11 is 0. The molecule has 0 aliphatic heterocycles. The van der Waals surface area contributed by atoms with Crippen LogP contribution in [-0.2, 0) is 4.79 Å². The summed E-state index contributed by atoms with van der Waals surface area (Å²) in [5.41, 5.74) is 7.24. The minimum atomic E-state index is -0.255. The highest BCUT2D eigenvalue weighted by Crippen LogP contribution is 2.17. The van der Waals surface area contributed by atoms with Crippen LogP contribution in [0.5, 0.6) is 0 Å². The highest BCUT2D eigenvalue weighted by Gasteiger charge is 1.99. The van der Waals surface area contributed by atoms with Crippen molar-refractivity contribution in [2.75, 3.05) is 6.54 Å². The molecule has 0 radical (unpaired) electrons. The Labute approximate surface area is 251 Å². The fraction of sp³-hybridized carbons (Fsp3) is 0.972. The molecule has 0 saturated heterocycles. The summed E-state index contributed by atoms with van der Waals surface area (Å²) in [4.78, 5) is 10.9. The molecule has 0 heterocycles. The van der Waals surface area contributed by atoms with Gasteiger partial charge in [-0.3, -0.25) is 10.0 Å². The molecule has 0 aromatic rings. The normalized spacial score (nSPS) is 11.3. The highest BCUT2D eigenvalue weighted by molar-refractivity contribution is 5.74. The van der Waals surface area contributed by atoms with Crippen molar-refractivity contribution >= 4 is 5.91 Å². The van der Waals surface area contributed by atoms with Crippen molar-refractivity contribution in [2.45, 2.75) is 218 Å². The first-order valence-electron chi connectivity index (χ1n) is 18.4. The van der Waals surface area contributed by atoms with Gasteiger partial charge >= 0.3 is 0 Å². The Morgan fingerprint density at radius 3 is 0.700 bits per heavy atom. The Morgan fingerprint density at radius 2 is 0.525 bits per heavy atom. The van der Waals surface area contributed by atoms with Gasteiger partial charge in [0.05, 0.1) is 0 Å². The standard InChI is InChI=1S/C36H74N2O2/c37-35-33-31-29-27-25-23-21-19-17-15-13-11-9-7-5-3-1-2-4-6-8-10-12-14-16-18-20-22-24-26-28-30-32-34-36(39)38-40/h40H,1-35,37H2,(H,38,39). The van der Waals surface area contributed by atoms with Gasteiger partial charge in [-0.1, -0.05) is 199 Å².